The van der Waals surface area contributed by atoms with Gasteiger partial charge in [0, 0.05) is 32.8 Å². The standard InChI is InChI=1S/C16H24FNO2/c1-19-10-3-11-20-16(14-4-2-9-18-12-14)13-5-7-15(17)8-6-13/h5-8,14,16,18H,2-4,9-12H2,1H3. The van der Waals surface area contributed by atoms with Crippen LogP contribution in [0.25, 0.3) is 0 Å². The third-order valence-corrected chi connectivity index (χ3v) is 3.75. The highest BCUT2D eigenvalue weighted by Crippen LogP contribution is 2.31. The molecule has 1 aliphatic rings. The van der Waals surface area contributed by atoms with Crippen LogP contribution in [-0.2, 0) is 9.47 Å². The number of hydrogen-bond donors (Lipinski definition) is 1. The lowest BCUT2D eigenvalue weighted by Crippen LogP contribution is -2.34. The number of methoxy groups -OCH3 is 1. The van der Waals surface area contributed by atoms with Gasteiger partial charge < -0.3 is 14.8 Å². The first-order chi connectivity index (χ1) is 9.81. The molecule has 1 heterocycles. The lowest BCUT2D eigenvalue weighted by atomic mass is 9.89. The van der Waals surface area contributed by atoms with Crippen molar-refractivity contribution < 1.29 is 13.9 Å². The van der Waals surface area contributed by atoms with Crippen molar-refractivity contribution in [2.24, 2.45) is 5.92 Å². The molecule has 1 aliphatic heterocycles. The van der Waals surface area contributed by atoms with Crippen molar-refractivity contribution in [3.8, 4) is 0 Å². The van der Waals surface area contributed by atoms with E-state index in [1.54, 1.807) is 7.11 Å². The van der Waals surface area contributed by atoms with Gasteiger partial charge in [0.15, 0.2) is 0 Å². The molecule has 0 saturated carbocycles. The van der Waals surface area contributed by atoms with Crippen LogP contribution in [0.3, 0.4) is 0 Å². The molecule has 2 atom stereocenters. The van der Waals surface area contributed by atoms with Crippen molar-refractivity contribution in [2.75, 3.05) is 33.4 Å². The highest BCUT2D eigenvalue weighted by atomic mass is 19.1. The molecule has 1 aromatic carbocycles. The number of hydrogen-bond acceptors (Lipinski definition) is 3. The van der Waals surface area contributed by atoms with Crippen molar-refractivity contribution >= 4 is 0 Å². The van der Waals surface area contributed by atoms with E-state index in [0.717, 1.165) is 31.5 Å². The van der Waals surface area contributed by atoms with Crippen LogP contribution in [0, 0.1) is 11.7 Å². The molecule has 0 bridgehead atoms. The first-order valence-corrected chi connectivity index (χ1v) is 7.38. The van der Waals surface area contributed by atoms with E-state index in [0.29, 0.717) is 19.1 Å². The number of halogens is 1. The van der Waals surface area contributed by atoms with Crippen LogP contribution in [0.5, 0.6) is 0 Å². The van der Waals surface area contributed by atoms with Gasteiger partial charge in [-0.15, -0.1) is 0 Å². The van der Waals surface area contributed by atoms with E-state index < -0.39 is 0 Å². The van der Waals surface area contributed by atoms with Crippen LogP contribution in [0.1, 0.15) is 30.9 Å². The minimum atomic E-state index is -0.200. The maximum Gasteiger partial charge on any atom is 0.123 e. The van der Waals surface area contributed by atoms with E-state index in [1.807, 2.05) is 12.1 Å². The van der Waals surface area contributed by atoms with Crippen molar-refractivity contribution in [1.82, 2.24) is 5.32 Å². The molecule has 1 N–H and O–H groups in total. The second-order valence-electron chi connectivity index (χ2n) is 5.30. The Morgan fingerprint density at radius 3 is 2.75 bits per heavy atom. The Morgan fingerprint density at radius 2 is 2.10 bits per heavy atom. The number of nitrogens with one attached hydrogen (secondary N) is 1. The SMILES string of the molecule is COCCCOC(c1ccc(F)cc1)C1CCCNC1. The molecule has 0 aliphatic carbocycles. The summed E-state index contributed by atoms with van der Waals surface area (Å²) in [6.07, 6.45) is 3.25. The van der Waals surface area contributed by atoms with Gasteiger partial charge in [0.05, 0.1) is 6.10 Å². The Balaban J connectivity index is 2.00. The topological polar surface area (TPSA) is 30.5 Å². The van der Waals surface area contributed by atoms with Gasteiger partial charge in [0.25, 0.3) is 0 Å². The van der Waals surface area contributed by atoms with E-state index in [9.17, 15) is 4.39 Å². The molecule has 1 aromatic rings. The largest absolute Gasteiger partial charge is 0.385 e. The van der Waals surface area contributed by atoms with Crippen molar-refractivity contribution in [1.29, 1.82) is 0 Å². The van der Waals surface area contributed by atoms with Gasteiger partial charge in [-0.3, -0.25) is 0 Å². The summed E-state index contributed by atoms with van der Waals surface area (Å²) < 4.78 is 24.2. The van der Waals surface area contributed by atoms with E-state index in [-0.39, 0.29) is 11.9 Å². The fourth-order valence-corrected chi connectivity index (χ4v) is 2.71. The maximum atomic E-state index is 13.1. The lowest BCUT2D eigenvalue weighted by Gasteiger charge is -2.31. The van der Waals surface area contributed by atoms with Gasteiger partial charge in [0.1, 0.15) is 5.82 Å². The molecular weight excluding hydrogens is 257 g/mol. The minimum Gasteiger partial charge on any atom is -0.385 e. The molecule has 0 spiro atoms. The predicted octanol–water partition coefficient (Wildman–Crippen LogP) is 2.92. The Hall–Kier alpha value is -0.970. The van der Waals surface area contributed by atoms with Gasteiger partial charge >= 0.3 is 0 Å². The highest BCUT2D eigenvalue weighted by molar-refractivity contribution is 5.19. The van der Waals surface area contributed by atoms with Crippen molar-refractivity contribution in [2.45, 2.75) is 25.4 Å². The zero-order chi connectivity index (χ0) is 14.2. The number of piperidine rings is 1. The van der Waals surface area contributed by atoms with Gasteiger partial charge in [-0.1, -0.05) is 12.1 Å². The number of rotatable bonds is 7. The number of benzene rings is 1. The zero-order valence-corrected chi connectivity index (χ0v) is 12.1. The molecule has 0 radical (unpaired) electrons. The Labute approximate surface area is 120 Å². The molecular formula is C16H24FNO2. The summed E-state index contributed by atoms with van der Waals surface area (Å²) in [5.41, 5.74) is 1.07. The van der Waals surface area contributed by atoms with E-state index in [2.05, 4.69) is 5.32 Å². The Kier molecular flexibility index (Phi) is 6.43. The summed E-state index contributed by atoms with van der Waals surface area (Å²) >= 11 is 0. The second kappa shape index (κ2) is 8.35. The van der Waals surface area contributed by atoms with Gasteiger partial charge in [0.2, 0.25) is 0 Å². The summed E-state index contributed by atoms with van der Waals surface area (Å²) in [5, 5.41) is 3.42. The summed E-state index contributed by atoms with van der Waals surface area (Å²) in [6, 6.07) is 6.70. The Bertz CT molecular complexity index is 377. The Morgan fingerprint density at radius 1 is 1.30 bits per heavy atom. The molecule has 0 amide bonds. The minimum absolute atomic E-state index is 0.0419. The summed E-state index contributed by atoms with van der Waals surface area (Å²) in [6.45, 7) is 3.42. The predicted molar refractivity (Wildman–Crippen MR) is 77.2 cm³/mol. The monoisotopic (exact) mass is 281 g/mol. The van der Waals surface area contributed by atoms with E-state index in [4.69, 9.17) is 9.47 Å². The van der Waals surface area contributed by atoms with Crippen LogP contribution in [0.2, 0.25) is 0 Å². The number of ether oxygens (including phenoxy) is 2. The average Bonchev–Trinajstić information content (AvgIpc) is 2.50. The van der Waals surface area contributed by atoms with E-state index in [1.165, 1.54) is 18.6 Å². The zero-order valence-electron chi connectivity index (χ0n) is 12.1. The maximum absolute atomic E-state index is 13.1. The smallest absolute Gasteiger partial charge is 0.123 e. The third kappa shape index (κ3) is 4.54. The van der Waals surface area contributed by atoms with Crippen molar-refractivity contribution in [3.05, 3.63) is 35.6 Å². The highest BCUT2D eigenvalue weighted by Gasteiger charge is 2.25. The summed E-state index contributed by atoms with van der Waals surface area (Å²) in [5.74, 6) is 0.255. The molecule has 3 nitrogen and oxygen atoms in total. The van der Waals surface area contributed by atoms with Gasteiger partial charge in [-0.05, 0) is 43.5 Å². The quantitative estimate of drug-likeness (QED) is 0.780. The first-order valence-electron chi connectivity index (χ1n) is 7.38. The molecule has 20 heavy (non-hydrogen) atoms. The normalized spacial score (nSPS) is 20.8. The van der Waals surface area contributed by atoms with Gasteiger partial charge in [-0.25, -0.2) is 4.39 Å². The third-order valence-electron chi connectivity index (χ3n) is 3.75. The first kappa shape index (κ1) is 15.4. The average molecular weight is 281 g/mol. The summed E-state index contributed by atoms with van der Waals surface area (Å²) in [4.78, 5) is 0. The van der Waals surface area contributed by atoms with Crippen LogP contribution in [-0.4, -0.2) is 33.4 Å². The van der Waals surface area contributed by atoms with Gasteiger partial charge in [-0.2, -0.15) is 0 Å². The molecule has 112 valence electrons. The summed E-state index contributed by atoms with van der Waals surface area (Å²) in [7, 11) is 1.70. The lowest BCUT2D eigenvalue weighted by molar-refractivity contribution is -0.00505. The van der Waals surface area contributed by atoms with Crippen LogP contribution < -0.4 is 5.32 Å². The molecule has 1 fully saturated rings. The van der Waals surface area contributed by atoms with Crippen molar-refractivity contribution in [3.63, 3.8) is 0 Å². The van der Waals surface area contributed by atoms with Crippen LogP contribution in [0.15, 0.2) is 24.3 Å². The second-order valence-corrected chi connectivity index (χ2v) is 5.30. The van der Waals surface area contributed by atoms with Crippen LogP contribution in [0.4, 0.5) is 4.39 Å². The molecule has 4 heteroatoms. The molecule has 0 aromatic heterocycles. The molecule has 2 unspecified atom stereocenters. The fourth-order valence-electron chi connectivity index (χ4n) is 2.71. The molecule has 2 rings (SSSR count). The van der Waals surface area contributed by atoms with E-state index >= 15 is 0 Å². The molecule has 1 saturated heterocycles. The fraction of sp³-hybridized carbons (Fsp3) is 0.625. The van der Waals surface area contributed by atoms with Crippen LogP contribution >= 0.6 is 0 Å².